The molecule has 2 heterocycles. The van der Waals surface area contributed by atoms with Crippen molar-refractivity contribution in [3.8, 4) is 11.5 Å². The number of halogens is 2. The Morgan fingerprint density at radius 1 is 1.12 bits per heavy atom. The van der Waals surface area contributed by atoms with Crippen molar-refractivity contribution >= 4 is 5.97 Å². The SMILES string of the molecule is COc1cncc2c1C1(O)C(O)C(C(=O)O)C(c3ccccc3)C1(c1ccc(C(F)F)cc1)O2. The fraction of sp³-hybridized carbons (Fsp3) is 0.280. The van der Waals surface area contributed by atoms with E-state index < -0.39 is 41.5 Å². The predicted molar refractivity (Wildman–Crippen MR) is 115 cm³/mol. The Hall–Kier alpha value is -3.56. The summed E-state index contributed by atoms with van der Waals surface area (Å²) in [5, 5.41) is 33.9. The van der Waals surface area contributed by atoms with E-state index in [4.69, 9.17) is 9.47 Å². The molecule has 0 radical (unpaired) electrons. The molecule has 7 nitrogen and oxygen atoms in total. The number of hydrogen-bond acceptors (Lipinski definition) is 6. The zero-order valence-electron chi connectivity index (χ0n) is 17.9. The lowest BCUT2D eigenvalue weighted by Gasteiger charge is -2.40. The fourth-order valence-corrected chi connectivity index (χ4v) is 5.55. The van der Waals surface area contributed by atoms with E-state index in [9.17, 15) is 28.9 Å². The van der Waals surface area contributed by atoms with Crippen molar-refractivity contribution in [1.82, 2.24) is 4.98 Å². The average Bonchev–Trinajstić information content (AvgIpc) is 3.23. The first-order chi connectivity index (χ1) is 16.3. The molecule has 0 bridgehead atoms. The lowest BCUT2D eigenvalue weighted by Crippen LogP contribution is -2.52. The number of pyridine rings is 1. The molecule has 3 aromatic rings. The number of nitrogens with zero attached hydrogens (tertiary/aromatic N) is 1. The summed E-state index contributed by atoms with van der Waals surface area (Å²) < 4.78 is 38.3. The Morgan fingerprint density at radius 3 is 2.38 bits per heavy atom. The van der Waals surface area contributed by atoms with Crippen molar-refractivity contribution in [2.75, 3.05) is 7.11 Å². The molecule has 176 valence electrons. The normalized spacial score (nSPS) is 29.4. The largest absolute Gasteiger partial charge is 0.495 e. The van der Waals surface area contributed by atoms with Crippen molar-refractivity contribution in [3.63, 3.8) is 0 Å². The van der Waals surface area contributed by atoms with Crippen molar-refractivity contribution < 1.29 is 38.4 Å². The number of rotatable bonds is 5. The van der Waals surface area contributed by atoms with Gasteiger partial charge in [-0.25, -0.2) is 8.78 Å². The van der Waals surface area contributed by atoms with Crippen molar-refractivity contribution in [1.29, 1.82) is 0 Å². The number of hydrogen-bond donors (Lipinski definition) is 3. The number of ether oxygens (including phenoxy) is 2. The van der Waals surface area contributed by atoms with E-state index in [-0.39, 0.29) is 28.2 Å². The maximum absolute atomic E-state index is 13.3. The minimum atomic E-state index is -2.72. The van der Waals surface area contributed by atoms with Crippen LogP contribution >= 0.6 is 0 Å². The van der Waals surface area contributed by atoms with Gasteiger partial charge in [0.2, 0.25) is 0 Å². The number of benzene rings is 2. The van der Waals surface area contributed by atoms with Crippen LogP contribution in [0.15, 0.2) is 67.0 Å². The first kappa shape index (κ1) is 22.2. The standard InChI is InChI=1S/C25H21F2NO6/c1-33-16-11-28-12-17-20(16)24(32)21(29)18(23(30)31)19(13-5-3-2-4-6-13)25(24,34-17)15-9-7-14(8-10-15)22(26)27/h2-12,18-19,21-22,29,32H,1H3,(H,30,31). The molecule has 1 aliphatic heterocycles. The lowest BCUT2D eigenvalue weighted by atomic mass is 9.70. The number of aliphatic carboxylic acids is 1. The molecule has 3 N–H and O–H groups in total. The molecule has 0 saturated heterocycles. The second kappa shape index (κ2) is 7.75. The lowest BCUT2D eigenvalue weighted by molar-refractivity contribution is -0.159. The highest BCUT2D eigenvalue weighted by atomic mass is 19.3. The van der Waals surface area contributed by atoms with Gasteiger partial charge in [-0.15, -0.1) is 0 Å². The molecule has 1 aliphatic carbocycles. The molecule has 1 aromatic heterocycles. The summed E-state index contributed by atoms with van der Waals surface area (Å²) in [4.78, 5) is 16.5. The summed E-state index contributed by atoms with van der Waals surface area (Å²) in [7, 11) is 1.35. The summed E-state index contributed by atoms with van der Waals surface area (Å²) in [6.45, 7) is 0. The van der Waals surface area contributed by atoms with E-state index in [2.05, 4.69) is 4.98 Å². The van der Waals surface area contributed by atoms with Crippen LogP contribution in [0.25, 0.3) is 0 Å². The first-order valence-electron chi connectivity index (χ1n) is 10.6. The van der Waals surface area contributed by atoms with Gasteiger partial charge in [0.1, 0.15) is 17.6 Å². The zero-order chi connectivity index (χ0) is 24.3. The average molecular weight is 469 g/mol. The van der Waals surface area contributed by atoms with Crippen LogP contribution in [-0.2, 0) is 16.0 Å². The van der Waals surface area contributed by atoms with E-state index >= 15 is 0 Å². The highest BCUT2D eigenvalue weighted by Crippen LogP contribution is 2.69. The Morgan fingerprint density at radius 2 is 1.79 bits per heavy atom. The number of carboxylic acids is 1. The monoisotopic (exact) mass is 469 g/mol. The van der Waals surface area contributed by atoms with Crippen LogP contribution in [0.3, 0.4) is 0 Å². The highest BCUT2D eigenvalue weighted by molar-refractivity contribution is 5.76. The van der Waals surface area contributed by atoms with Crippen LogP contribution in [0.1, 0.15) is 34.6 Å². The number of aromatic nitrogens is 1. The van der Waals surface area contributed by atoms with Gasteiger partial charge in [-0.3, -0.25) is 9.78 Å². The van der Waals surface area contributed by atoms with Gasteiger partial charge >= 0.3 is 5.97 Å². The van der Waals surface area contributed by atoms with Gasteiger partial charge in [0.15, 0.2) is 11.2 Å². The molecule has 9 heteroatoms. The quantitative estimate of drug-likeness (QED) is 0.526. The highest BCUT2D eigenvalue weighted by Gasteiger charge is 2.78. The van der Waals surface area contributed by atoms with E-state index in [1.165, 1.54) is 43.8 Å². The van der Waals surface area contributed by atoms with Gasteiger partial charge in [-0.2, -0.15) is 0 Å². The number of aliphatic hydroxyl groups excluding tert-OH is 1. The Bertz CT molecular complexity index is 1240. The van der Waals surface area contributed by atoms with Gasteiger partial charge in [0, 0.05) is 11.5 Å². The Labute approximate surface area is 193 Å². The number of alkyl halides is 2. The van der Waals surface area contributed by atoms with Gasteiger partial charge in [-0.05, 0) is 11.1 Å². The van der Waals surface area contributed by atoms with E-state index in [0.29, 0.717) is 5.56 Å². The van der Waals surface area contributed by atoms with Crippen molar-refractivity contribution in [2.24, 2.45) is 5.92 Å². The maximum atomic E-state index is 13.3. The zero-order valence-corrected chi connectivity index (χ0v) is 17.9. The van der Waals surface area contributed by atoms with Crippen LogP contribution in [0.4, 0.5) is 8.78 Å². The molecule has 34 heavy (non-hydrogen) atoms. The smallest absolute Gasteiger partial charge is 0.310 e. The molecule has 5 atom stereocenters. The number of carbonyl (C=O) groups is 1. The fourth-order valence-electron chi connectivity index (χ4n) is 5.55. The molecular weight excluding hydrogens is 448 g/mol. The third-order valence-corrected chi connectivity index (χ3v) is 6.92. The summed E-state index contributed by atoms with van der Waals surface area (Å²) in [6, 6.07) is 13.6. The van der Waals surface area contributed by atoms with Gasteiger partial charge in [0.05, 0.1) is 31.0 Å². The van der Waals surface area contributed by atoms with Gasteiger partial charge in [-0.1, -0.05) is 54.6 Å². The summed E-state index contributed by atoms with van der Waals surface area (Å²) in [5.74, 6) is -3.73. The molecule has 2 aromatic carbocycles. The predicted octanol–water partition coefficient (Wildman–Crippen LogP) is 3.36. The number of carboxylic acid groups (broad SMARTS) is 1. The topological polar surface area (TPSA) is 109 Å². The van der Waals surface area contributed by atoms with Crippen LogP contribution in [-0.4, -0.2) is 39.5 Å². The minimum Gasteiger partial charge on any atom is -0.495 e. The van der Waals surface area contributed by atoms with Crippen LogP contribution in [0.2, 0.25) is 0 Å². The number of fused-ring (bicyclic) bond motifs is 3. The molecule has 0 amide bonds. The maximum Gasteiger partial charge on any atom is 0.310 e. The third-order valence-electron chi connectivity index (χ3n) is 6.92. The second-order valence-electron chi connectivity index (χ2n) is 8.44. The second-order valence-corrected chi connectivity index (χ2v) is 8.44. The van der Waals surface area contributed by atoms with Gasteiger partial charge in [0.25, 0.3) is 6.43 Å². The summed E-state index contributed by atoms with van der Waals surface area (Å²) in [5.41, 5.74) is -3.65. The number of aliphatic hydroxyl groups is 2. The summed E-state index contributed by atoms with van der Waals surface area (Å²) in [6.07, 6.45) is -1.88. The molecule has 0 spiro atoms. The molecule has 5 rings (SSSR count). The Balaban J connectivity index is 1.86. The molecule has 1 saturated carbocycles. The van der Waals surface area contributed by atoms with E-state index in [1.807, 2.05) is 0 Å². The van der Waals surface area contributed by atoms with Crippen LogP contribution < -0.4 is 9.47 Å². The van der Waals surface area contributed by atoms with Crippen molar-refractivity contribution in [2.45, 2.75) is 29.6 Å². The molecule has 5 unspecified atom stereocenters. The third kappa shape index (κ3) is 2.74. The molecule has 1 fully saturated rings. The minimum absolute atomic E-state index is 0.0557. The van der Waals surface area contributed by atoms with E-state index in [0.717, 1.165) is 0 Å². The Kier molecular flexibility index (Phi) is 5.07. The van der Waals surface area contributed by atoms with Crippen LogP contribution in [0, 0.1) is 5.92 Å². The number of methoxy groups -OCH3 is 1. The van der Waals surface area contributed by atoms with Crippen molar-refractivity contribution in [3.05, 3.63) is 89.2 Å². The van der Waals surface area contributed by atoms with Crippen LogP contribution in [0.5, 0.6) is 11.5 Å². The molecule has 2 aliphatic rings. The van der Waals surface area contributed by atoms with Gasteiger partial charge < -0.3 is 24.8 Å². The molecular formula is C25H21F2NO6. The first-order valence-corrected chi connectivity index (χ1v) is 10.6. The van der Waals surface area contributed by atoms with E-state index in [1.54, 1.807) is 30.3 Å². The summed E-state index contributed by atoms with van der Waals surface area (Å²) >= 11 is 0.